The molecule has 18 heavy (non-hydrogen) atoms. The van der Waals surface area contributed by atoms with Crippen LogP contribution in [0.1, 0.15) is 22.3 Å². The fourth-order valence-electron chi connectivity index (χ4n) is 1.52. The largest absolute Gasteiger partial charge is 0.399 e. The molecule has 1 amide bonds. The lowest BCUT2D eigenvalue weighted by atomic mass is 10.1. The van der Waals surface area contributed by atoms with E-state index in [0.29, 0.717) is 24.2 Å². The zero-order valence-corrected chi connectivity index (χ0v) is 11.4. The summed E-state index contributed by atoms with van der Waals surface area (Å²) in [5.41, 5.74) is 7.51. The highest BCUT2D eigenvalue weighted by molar-refractivity contribution is 7.90. The van der Waals surface area contributed by atoms with Crippen molar-refractivity contribution in [3.63, 3.8) is 0 Å². The van der Waals surface area contributed by atoms with Crippen molar-refractivity contribution < 1.29 is 13.2 Å². The van der Waals surface area contributed by atoms with Gasteiger partial charge in [-0.15, -0.1) is 0 Å². The van der Waals surface area contributed by atoms with Gasteiger partial charge >= 0.3 is 0 Å². The second-order valence-electron chi connectivity index (χ2n) is 4.31. The van der Waals surface area contributed by atoms with Crippen molar-refractivity contribution in [2.75, 3.05) is 24.3 Å². The Labute approximate surface area is 107 Å². The summed E-state index contributed by atoms with van der Waals surface area (Å²) in [5, 5.41) is 2.68. The molecule has 3 N–H and O–H groups in total. The summed E-state index contributed by atoms with van der Waals surface area (Å²) in [6.45, 7) is 2.16. The number of carbonyl (C=O) groups excluding carboxylic acids is 1. The highest BCUT2D eigenvalue weighted by Crippen LogP contribution is 2.12. The maximum absolute atomic E-state index is 11.8. The van der Waals surface area contributed by atoms with Crippen LogP contribution < -0.4 is 11.1 Å². The number of benzene rings is 1. The van der Waals surface area contributed by atoms with Gasteiger partial charge in [0.15, 0.2) is 0 Å². The van der Waals surface area contributed by atoms with Gasteiger partial charge in [0.1, 0.15) is 9.84 Å². The van der Waals surface area contributed by atoms with E-state index in [2.05, 4.69) is 5.32 Å². The second kappa shape index (κ2) is 5.86. The highest BCUT2D eigenvalue weighted by atomic mass is 32.2. The summed E-state index contributed by atoms with van der Waals surface area (Å²) in [5.74, 6) is -0.156. The lowest BCUT2D eigenvalue weighted by molar-refractivity contribution is 0.0953. The lowest BCUT2D eigenvalue weighted by Crippen LogP contribution is -2.26. The van der Waals surface area contributed by atoms with Crippen LogP contribution >= 0.6 is 0 Å². The number of nitrogens with one attached hydrogen (secondary N) is 1. The molecule has 1 rings (SSSR count). The third kappa shape index (κ3) is 4.75. The van der Waals surface area contributed by atoms with Gasteiger partial charge in [-0.05, 0) is 31.0 Å². The molecule has 0 aliphatic rings. The van der Waals surface area contributed by atoms with Crippen LogP contribution in [0.2, 0.25) is 0 Å². The summed E-state index contributed by atoms with van der Waals surface area (Å²) in [6, 6.07) is 5.12. The van der Waals surface area contributed by atoms with Crippen LogP contribution in [0.15, 0.2) is 18.2 Å². The van der Waals surface area contributed by atoms with Gasteiger partial charge in [-0.3, -0.25) is 4.79 Å². The minimum absolute atomic E-state index is 0.0726. The first-order valence-electron chi connectivity index (χ1n) is 5.61. The Hall–Kier alpha value is -1.56. The van der Waals surface area contributed by atoms with E-state index in [4.69, 9.17) is 5.73 Å². The van der Waals surface area contributed by atoms with Crippen LogP contribution in [0.3, 0.4) is 0 Å². The van der Waals surface area contributed by atoms with E-state index in [1.54, 1.807) is 18.2 Å². The summed E-state index contributed by atoms with van der Waals surface area (Å²) in [6.07, 6.45) is 1.59. The van der Waals surface area contributed by atoms with Crippen molar-refractivity contribution in [2.45, 2.75) is 13.3 Å². The Balaban J connectivity index is 2.53. The van der Waals surface area contributed by atoms with Gasteiger partial charge < -0.3 is 11.1 Å². The second-order valence-corrected chi connectivity index (χ2v) is 6.57. The van der Waals surface area contributed by atoms with Crippen molar-refractivity contribution in [3.8, 4) is 0 Å². The fourth-order valence-corrected chi connectivity index (χ4v) is 2.18. The average Bonchev–Trinajstić information content (AvgIpc) is 2.26. The minimum atomic E-state index is -2.97. The van der Waals surface area contributed by atoms with Gasteiger partial charge in [-0.2, -0.15) is 0 Å². The Morgan fingerprint density at radius 3 is 2.67 bits per heavy atom. The molecule has 6 heteroatoms. The van der Waals surface area contributed by atoms with Crippen molar-refractivity contribution in [3.05, 3.63) is 29.3 Å². The molecule has 1 aromatic rings. The van der Waals surface area contributed by atoms with Gasteiger partial charge in [-0.1, -0.05) is 6.07 Å². The van der Waals surface area contributed by atoms with Gasteiger partial charge in [-0.25, -0.2) is 8.42 Å². The van der Waals surface area contributed by atoms with Gasteiger partial charge in [0.25, 0.3) is 5.91 Å². The van der Waals surface area contributed by atoms with E-state index in [9.17, 15) is 13.2 Å². The summed E-state index contributed by atoms with van der Waals surface area (Å²) >= 11 is 0. The maximum Gasteiger partial charge on any atom is 0.251 e. The number of sulfone groups is 1. The predicted molar refractivity (Wildman–Crippen MR) is 72.3 cm³/mol. The van der Waals surface area contributed by atoms with Crippen LogP contribution in [-0.4, -0.2) is 32.9 Å². The van der Waals surface area contributed by atoms with Crippen LogP contribution in [0.25, 0.3) is 0 Å². The van der Waals surface area contributed by atoms with E-state index >= 15 is 0 Å². The number of rotatable bonds is 5. The molecule has 0 fully saturated rings. The quantitative estimate of drug-likeness (QED) is 0.610. The van der Waals surface area contributed by atoms with Crippen LogP contribution in [0.5, 0.6) is 0 Å². The fraction of sp³-hybridized carbons (Fsp3) is 0.417. The molecule has 5 nitrogen and oxygen atoms in total. The number of aryl methyl sites for hydroxylation is 1. The number of hydrogen-bond acceptors (Lipinski definition) is 4. The predicted octanol–water partition coefficient (Wildman–Crippen LogP) is 0.742. The molecule has 0 radical (unpaired) electrons. The molecule has 0 atom stereocenters. The molecule has 0 spiro atoms. The molecule has 0 unspecified atom stereocenters. The van der Waals surface area contributed by atoms with E-state index < -0.39 is 9.84 Å². The van der Waals surface area contributed by atoms with Gasteiger partial charge in [0.05, 0.1) is 5.75 Å². The van der Waals surface area contributed by atoms with Crippen molar-refractivity contribution in [1.29, 1.82) is 0 Å². The molecule has 0 heterocycles. The van der Waals surface area contributed by atoms with Crippen molar-refractivity contribution in [2.24, 2.45) is 0 Å². The molecule has 0 aliphatic carbocycles. The Morgan fingerprint density at radius 2 is 2.06 bits per heavy atom. The first-order chi connectivity index (χ1) is 8.29. The summed E-state index contributed by atoms with van der Waals surface area (Å²) in [4.78, 5) is 11.8. The molecule has 0 aromatic heterocycles. The van der Waals surface area contributed by atoms with Crippen molar-refractivity contribution >= 4 is 21.4 Å². The molecule has 100 valence electrons. The van der Waals surface area contributed by atoms with E-state index in [1.165, 1.54) is 6.26 Å². The molecule has 0 saturated carbocycles. The summed E-state index contributed by atoms with van der Waals surface area (Å²) < 4.78 is 21.8. The van der Waals surface area contributed by atoms with E-state index in [-0.39, 0.29) is 11.7 Å². The summed E-state index contributed by atoms with van der Waals surface area (Å²) in [7, 11) is -2.97. The topological polar surface area (TPSA) is 89.3 Å². The first-order valence-corrected chi connectivity index (χ1v) is 7.68. The molecule has 0 aliphatic heterocycles. The van der Waals surface area contributed by atoms with Gasteiger partial charge in [0.2, 0.25) is 0 Å². The average molecular weight is 270 g/mol. The van der Waals surface area contributed by atoms with E-state index in [1.807, 2.05) is 6.92 Å². The molecular formula is C12H18N2O3S. The zero-order valence-electron chi connectivity index (χ0n) is 10.6. The van der Waals surface area contributed by atoms with E-state index in [0.717, 1.165) is 5.56 Å². The SMILES string of the molecule is Cc1ccc(N)cc1C(=O)NCCCS(C)(=O)=O. The number of amides is 1. The minimum Gasteiger partial charge on any atom is -0.399 e. The van der Waals surface area contributed by atoms with Crippen LogP contribution in [0, 0.1) is 6.92 Å². The number of hydrogen-bond donors (Lipinski definition) is 2. The Bertz CT molecular complexity index is 538. The molecule has 0 bridgehead atoms. The first kappa shape index (κ1) is 14.5. The third-order valence-corrected chi connectivity index (χ3v) is 3.51. The van der Waals surface area contributed by atoms with Crippen LogP contribution in [0.4, 0.5) is 5.69 Å². The Morgan fingerprint density at radius 1 is 1.39 bits per heavy atom. The van der Waals surface area contributed by atoms with Crippen molar-refractivity contribution in [1.82, 2.24) is 5.32 Å². The lowest BCUT2D eigenvalue weighted by Gasteiger charge is -2.08. The molecule has 0 saturated heterocycles. The van der Waals surface area contributed by atoms with Crippen LogP contribution in [-0.2, 0) is 9.84 Å². The third-order valence-electron chi connectivity index (χ3n) is 2.48. The normalized spacial score (nSPS) is 11.2. The number of nitrogens with two attached hydrogens (primary N) is 1. The standard InChI is InChI=1S/C12H18N2O3S/c1-9-4-5-10(13)8-11(9)12(15)14-6-3-7-18(2,16)17/h4-5,8H,3,6-7,13H2,1-2H3,(H,14,15). The molecule has 1 aromatic carbocycles. The number of nitrogen functional groups attached to an aromatic ring is 1. The monoisotopic (exact) mass is 270 g/mol. The zero-order chi connectivity index (χ0) is 13.8. The number of anilines is 1. The molecular weight excluding hydrogens is 252 g/mol. The highest BCUT2D eigenvalue weighted by Gasteiger charge is 2.09. The Kier molecular flexibility index (Phi) is 4.72. The van der Waals surface area contributed by atoms with Gasteiger partial charge in [0, 0.05) is 24.1 Å². The number of carbonyl (C=O) groups is 1. The maximum atomic E-state index is 11.8. The smallest absolute Gasteiger partial charge is 0.251 e.